The number of hydrogen-bond donors (Lipinski definition) is 2. The Kier molecular flexibility index (Phi) is 5.41. The molecule has 9 heteroatoms. The zero-order valence-electron chi connectivity index (χ0n) is 14.5. The van der Waals surface area contributed by atoms with Gasteiger partial charge in [0.25, 0.3) is 0 Å². The van der Waals surface area contributed by atoms with Crippen LogP contribution in [0.1, 0.15) is 18.0 Å². The maximum atomic E-state index is 13.7. The third-order valence-corrected chi connectivity index (χ3v) is 4.83. The van der Waals surface area contributed by atoms with Crippen molar-refractivity contribution >= 4 is 29.3 Å². The summed E-state index contributed by atoms with van der Waals surface area (Å²) in [7, 11) is 0. The number of rotatable bonds is 7. The fourth-order valence-corrected chi connectivity index (χ4v) is 3.50. The molecule has 0 radical (unpaired) electrons. The fourth-order valence-electron chi connectivity index (χ4n) is 3.50. The lowest BCUT2D eigenvalue weighted by Gasteiger charge is -2.36. The summed E-state index contributed by atoms with van der Waals surface area (Å²) in [5.41, 5.74) is 0.950. The second kappa shape index (κ2) is 7.75. The van der Waals surface area contributed by atoms with Gasteiger partial charge < -0.3 is 19.7 Å². The highest BCUT2D eigenvalue weighted by molar-refractivity contribution is 5.90. The number of carboxylic acids is 2. The van der Waals surface area contributed by atoms with E-state index in [4.69, 9.17) is 5.11 Å². The highest BCUT2D eigenvalue weighted by Gasteiger charge is 2.32. The van der Waals surface area contributed by atoms with Crippen molar-refractivity contribution in [1.29, 1.82) is 0 Å². The van der Waals surface area contributed by atoms with Crippen molar-refractivity contribution in [3.8, 4) is 0 Å². The van der Waals surface area contributed by atoms with E-state index in [0.717, 1.165) is 6.41 Å². The molecule has 1 aliphatic heterocycles. The Morgan fingerprint density at radius 1 is 1.19 bits per heavy atom. The third-order valence-electron chi connectivity index (χ3n) is 4.83. The lowest BCUT2D eigenvalue weighted by atomic mass is 10.0. The largest absolute Gasteiger partial charge is 0.481 e. The number of carboxylic acid groups (broad SMARTS) is 2. The zero-order chi connectivity index (χ0) is 19.6. The normalized spacial score (nSPS) is 16.4. The number of carbonyl (C=O) groups excluding carboxylic acids is 1. The highest BCUT2D eigenvalue weighted by Crippen LogP contribution is 2.32. The van der Waals surface area contributed by atoms with Gasteiger partial charge in [0.05, 0.1) is 11.9 Å². The van der Waals surface area contributed by atoms with Crippen molar-refractivity contribution in [2.75, 3.05) is 26.2 Å². The molecule has 0 saturated carbocycles. The van der Waals surface area contributed by atoms with Crippen molar-refractivity contribution in [2.24, 2.45) is 0 Å². The molecule has 0 spiro atoms. The van der Waals surface area contributed by atoms with Crippen molar-refractivity contribution < 1.29 is 29.0 Å². The molecular formula is C18H20FN3O5. The second-order valence-electron chi connectivity index (χ2n) is 6.50. The van der Waals surface area contributed by atoms with Crippen LogP contribution in [0.5, 0.6) is 0 Å². The first-order chi connectivity index (χ1) is 12.9. The Bertz CT molecular complexity index is 873. The molecule has 1 aliphatic rings. The first kappa shape index (κ1) is 18.8. The van der Waals surface area contributed by atoms with Gasteiger partial charge in [-0.2, -0.15) is 0 Å². The van der Waals surface area contributed by atoms with Gasteiger partial charge in [-0.1, -0.05) is 0 Å². The average molecular weight is 377 g/mol. The van der Waals surface area contributed by atoms with Crippen LogP contribution >= 0.6 is 0 Å². The van der Waals surface area contributed by atoms with E-state index < -0.39 is 23.8 Å². The van der Waals surface area contributed by atoms with Crippen LogP contribution in [0.3, 0.4) is 0 Å². The number of hydrogen-bond acceptors (Lipinski definition) is 4. The van der Waals surface area contributed by atoms with Gasteiger partial charge in [0.1, 0.15) is 11.9 Å². The summed E-state index contributed by atoms with van der Waals surface area (Å²) in [6.45, 7) is 1.77. The summed E-state index contributed by atoms with van der Waals surface area (Å²) in [5, 5.41) is 19.4. The van der Waals surface area contributed by atoms with Gasteiger partial charge in [0, 0.05) is 49.9 Å². The van der Waals surface area contributed by atoms with Crippen LogP contribution < -0.4 is 0 Å². The number of piperazine rings is 1. The summed E-state index contributed by atoms with van der Waals surface area (Å²) in [5.74, 6) is -2.51. The fraction of sp³-hybridized carbons (Fsp3) is 0.389. The van der Waals surface area contributed by atoms with Crippen LogP contribution in [0.4, 0.5) is 4.39 Å². The van der Waals surface area contributed by atoms with E-state index in [1.807, 2.05) is 0 Å². The average Bonchev–Trinajstić information content (AvgIpc) is 2.98. The monoisotopic (exact) mass is 377 g/mol. The third kappa shape index (κ3) is 3.92. The Balaban J connectivity index is 2.00. The minimum absolute atomic E-state index is 0.112. The quantitative estimate of drug-likeness (QED) is 0.702. The molecule has 2 heterocycles. The van der Waals surface area contributed by atoms with Gasteiger partial charge >= 0.3 is 11.9 Å². The molecule has 144 valence electrons. The predicted molar refractivity (Wildman–Crippen MR) is 93.7 cm³/mol. The van der Waals surface area contributed by atoms with E-state index in [1.54, 1.807) is 20.6 Å². The van der Waals surface area contributed by atoms with Crippen molar-refractivity contribution in [2.45, 2.75) is 19.0 Å². The number of aliphatic carboxylic acids is 2. The van der Waals surface area contributed by atoms with Gasteiger partial charge in [-0.25, -0.2) is 4.39 Å². The SMILES string of the molecule is O=CN1CCN([C@@H](C(=O)O)c2cn(CCC(=O)O)c3cc(F)ccc23)CC1. The Morgan fingerprint density at radius 2 is 1.89 bits per heavy atom. The Labute approximate surface area is 154 Å². The molecule has 0 aliphatic carbocycles. The van der Waals surface area contributed by atoms with Crippen LogP contribution in [-0.2, 0) is 20.9 Å². The summed E-state index contributed by atoms with van der Waals surface area (Å²) in [6.07, 6.45) is 2.18. The number of benzene rings is 1. The van der Waals surface area contributed by atoms with E-state index in [2.05, 4.69) is 0 Å². The van der Waals surface area contributed by atoms with Crippen molar-refractivity contribution in [1.82, 2.24) is 14.4 Å². The Morgan fingerprint density at radius 3 is 2.48 bits per heavy atom. The van der Waals surface area contributed by atoms with E-state index in [0.29, 0.717) is 42.6 Å². The molecule has 0 bridgehead atoms. The molecule has 2 N–H and O–H groups in total. The van der Waals surface area contributed by atoms with Gasteiger partial charge in [-0.05, 0) is 18.2 Å². The van der Waals surface area contributed by atoms with Crippen LogP contribution in [0, 0.1) is 5.82 Å². The maximum Gasteiger partial charge on any atom is 0.325 e. The molecule has 1 amide bonds. The van der Waals surface area contributed by atoms with E-state index >= 15 is 0 Å². The van der Waals surface area contributed by atoms with E-state index in [9.17, 15) is 23.9 Å². The molecule has 1 saturated heterocycles. The molecule has 27 heavy (non-hydrogen) atoms. The molecule has 8 nitrogen and oxygen atoms in total. The summed E-state index contributed by atoms with van der Waals surface area (Å²) in [4.78, 5) is 37.2. The lowest BCUT2D eigenvalue weighted by Crippen LogP contribution is -2.48. The topological polar surface area (TPSA) is 103 Å². The second-order valence-corrected chi connectivity index (χ2v) is 6.50. The molecule has 1 fully saturated rings. The number of aromatic nitrogens is 1. The predicted octanol–water partition coefficient (Wildman–Crippen LogP) is 1.15. The summed E-state index contributed by atoms with van der Waals surface area (Å²) < 4.78 is 15.3. The minimum Gasteiger partial charge on any atom is -0.481 e. The van der Waals surface area contributed by atoms with Crippen LogP contribution in [0.25, 0.3) is 10.9 Å². The molecule has 2 aromatic rings. The summed E-state index contributed by atoms with van der Waals surface area (Å²) in [6, 6.07) is 3.10. The lowest BCUT2D eigenvalue weighted by molar-refractivity contribution is -0.144. The standard InChI is InChI=1S/C18H20FN3O5/c19-12-1-2-13-14(10-22(15(13)9-12)4-3-16(24)25)17(18(26)27)21-7-5-20(11-23)6-8-21/h1-2,9-11,17H,3-8H2,(H,24,25)(H,26,27)/t17-/m1/s1. The highest BCUT2D eigenvalue weighted by atomic mass is 19.1. The number of halogens is 1. The van der Waals surface area contributed by atoms with Gasteiger partial charge in [0.15, 0.2) is 0 Å². The first-order valence-corrected chi connectivity index (χ1v) is 8.57. The van der Waals surface area contributed by atoms with Crippen molar-refractivity contribution in [3.05, 3.63) is 35.8 Å². The number of carbonyl (C=O) groups is 3. The van der Waals surface area contributed by atoms with Crippen LogP contribution in [-0.4, -0.2) is 69.1 Å². The van der Waals surface area contributed by atoms with Crippen LogP contribution in [0.15, 0.2) is 24.4 Å². The molecule has 3 rings (SSSR count). The van der Waals surface area contributed by atoms with Gasteiger partial charge in [-0.15, -0.1) is 0 Å². The van der Waals surface area contributed by atoms with E-state index in [-0.39, 0.29) is 13.0 Å². The molecule has 0 unspecified atom stereocenters. The number of nitrogens with zero attached hydrogens (tertiary/aromatic N) is 3. The number of aryl methyl sites for hydroxylation is 1. The molecule has 1 aromatic heterocycles. The minimum atomic E-state index is -1.05. The summed E-state index contributed by atoms with van der Waals surface area (Å²) >= 11 is 0. The Hall–Kier alpha value is -2.94. The molecular weight excluding hydrogens is 357 g/mol. The molecule has 1 aromatic carbocycles. The van der Waals surface area contributed by atoms with Gasteiger partial charge in [0.2, 0.25) is 6.41 Å². The maximum absolute atomic E-state index is 13.7. The van der Waals surface area contributed by atoms with Gasteiger partial charge in [-0.3, -0.25) is 19.3 Å². The first-order valence-electron chi connectivity index (χ1n) is 8.57. The zero-order valence-corrected chi connectivity index (χ0v) is 14.5. The smallest absolute Gasteiger partial charge is 0.325 e. The van der Waals surface area contributed by atoms with Crippen molar-refractivity contribution in [3.63, 3.8) is 0 Å². The number of fused-ring (bicyclic) bond motifs is 1. The van der Waals surface area contributed by atoms with Crippen LogP contribution in [0.2, 0.25) is 0 Å². The van der Waals surface area contributed by atoms with E-state index in [1.165, 1.54) is 18.2 Å². The molecule has 1 atom stereocenters. The number of amides is 1.